The second-order valence-electron chi connectivity index (χ2n) is 4.70. The number of primary amides is 1. The standard InChI is InChI=1S/C14H17N3O3/c1-3-8-16-13(19)10-6-4-5-7-11(10)17(14(16)20)9(2)12(15)18/h4-7,9H,3,8H2,1-2H3,(H2,15,18)/t9-/m1/s1. The summed E-state index contributed by atoms with van der Waals surface area (Å²) in [5.74, 6) is -0.612. The monoisotopic (exact) mass is 275 g/mol. The number of fused-ring (bicyclic) bond motifs is 1. The Hall–Kier alpha value is -2.37. The molecule has 20 heavy (non-hydrogen) atoms. The van der Waals surface area contributed by atoms with Gasteiger partial charge in [-0.2, -0.15) is 0 Å². The van der Waals surface area contributed by atoms with E-state index in [0.717, 1.165) is 4.57 Å². The van der Waals surface area contributed by atoms with E-state index >= 15 is 0 Å². The van der Waals surface area contributed by atoms with Crippen LogP contribution in [0.3, 0.4) is 0 Å². The summed E-state index contributed by atoms with van der Waals surface area (Å²) in [5.41, 5.74) is 4.90. The molecule has 6 heteroatoms. The fourth-order valence-corrected chi connectivity index (χ4v) is 2.25. The quantitative estimate of drug-likeness (QED) is 0.887. The second kappa shape index (κ2) is 5.32. The predicted molar refractivity (Wildman–Crippen MR) is 76.7 cm³/mol. The van der Waals surface area contributed by atoms with E-state index in [9.17, 15) is 14.4 Å². The van der Waals surface area contributed by atoms with Gasteiger partial charge in [-0.1, -0.05) is 19.1 Å². The first kappa shape index (κ1) is 14.0. The molecule has 0 aliphatic rings. The number of hydrogen-bond donors (Lipinski definition) is 1. The zero-order valence-electron chi connectivity index (χ0n) is 11.5. The van der Waals surface area contributed by atoms with E-state index in [1.54, 1.807) is 31.2 Å². The summed E-state index contributed by atoms with van der Waals surface area (Å²) >= 11 is 0. The molecule has 106 valence electrons. The van der Waals surface area contributed by atoms with Gasteiger partial charge in [0.1, 0.15) is 6.04 Å². The van der Waals surface area contributed by atoms with Crippen LogP contribution in [0, 0.1) is 0 Å². The average molecular weight is 275 g/mol. The number of nitrogens with zero attached hydrogens (tertiary/aromatic N) is 2. The number of rotatable bonds is 4. The van der Waals surface area contributed by atoms with Gasteiger partial charge in [0.15, 0.2) is 0 Å². The first-order valence-corrected chi connectivity index (χ1v) is 6.52. The molecular formula is C14H17N3O3. The third kappa shape index (κ3) is 2.13. The van der Waals surface area contributed by atoms with Crippen molar-refractivity contribution in [2.45, 2.75) is 32.9 Å². The van der Waals surface area contributed by atoms with Crippen LogP contribution in [0.4, 0.5) is 0 Å². The Bertz CT molecular complexity index is 773. The Morgan fingerprint density at radius 2 is 1.95 bits per heavy atom. The van der Waals surface area contributed by atoms with E-state index in [0.29, 0.717) is 23.9 Å². The van der Waals surface area contributed by atoms with Gasteiger partial charge in [0.05, 0.1) is 10.9 Å². The lowest BCUT2D eigenvalue weighted by Gasteiger charge is -2.17. The number of para-hydroxylation sites is 1. The lowest BCUT2D eigenvalue weighted by Crippen LogP contribution is -2.43. The van der Waals surface area contributed by atoms with Crippen molar-refractivity contribution in [1.29, 1.82) is 0 Å². The van der Waals surface area contributed by atoms with E-state index in [2.05, 4.69) is 0 Å². The van der Waals surface area contributed by atoms with Crippen LogP contribution in [0.5, 0.6) is 0 Å². The van der Waals surface area contributed by atoms with E-state index < -0.39 is 17.6 Å². The highest BCUT2D eigenvalue weighted by molar-refractivity contribution is 5.83. The van der Waals surface area contributed by atoms with Crippen LogP contribution in [0.25, 0.3) is 10.9 Å². The third-order valence-corrected chi connectivity index (χ3v) is 3.32. The van der Waals surface area contributed by atoms with Crippen LogP contribution >= 0.6 is 0 Å². The molecule has 1 aromatic heterocycles. The zero-order valence-corrected chi connectivity index (χ0v) is 11.5. The molecule has 0 spiro atoms. The minimum absolute atomic E-state index is 0.313. The topological polar surface area (TPSA) is 87.1 Å². The number of carbonyl (C=O) groups excluding carboxylic acids is 1. The van der Waals surface area contributed by atoms with Crippen LogP contribution < -0.4 is 17.0 Å². The van der Waals surface area contributed by atoms with Crippen molar-refractivity contribution < 1.29 is 4.79 Å². The van der Waals surface area contributed by atoms with Gasteiger partial charge in [-0.25, -0.2) is 4.79 Å². The molecule has 0 aliphatic carbocycles. The first-order chi connectivity index (χ1) is 9.49. The average Bonchev–Trinajstić information content (AvgIpc) is 2.43. The summed E-state index contributed by atoms with van der Waals surface area (Å²) in [6.45, 7) is 3.74. The summed E-state index contributed by atoms with van der Waals surface area (Å²) in [5, 5.41) is 0.411. The summed E-state index contributed by atoms with van der Waals surface area (Å²) < 4.78 is 2.44. The number of aromatic nitrogens is 2. The normalized spacial score (nSPS) is 12.5. The molecular weight excluding hydrogens is 258 g/mol. The minimum atomic E-state index is -0.809. The smallest absolute Gasteiger partial charge is 0.332 e. The molecule has 0 aliphatic heterocycles. The van der Waals surface area contributed by atoms with Crippen molar-refractivity contribution in [1.82, 2.24) is 9.13 Å². The largest absolute Gasteiger partial charge is 0.368 e. The molecule has 0 unspecified atom stereocenters. The fourth-order valence-electron chi connectivity index (χ4n) is 2.25. The van der Waals surface area contributed by atoms with Gasteiger partial charge in [0.2, 0.25) is 5.91 Å². The number of hydrogen-bond acceptors (Lipinski definition) is 3. The van der Waals surface area contributed by atoms with Crippen molar-refractivity contribution in [2.75, 3.05) is 0 Å². The van der Waals surface area contributed by atoms with Gasteiger partial charge in [0.25, 0.3) is 5.56 Å². The maximum absolute atomic E-state index is 12.5. The SMILES string of the molecule is CCCn1c(=O)c2ccccc2n([C@H](C)C(N)=O)c1=O. The molecule has 0 saturated heterocycles. The highest BCUT2D eigenvalue weighted by Gasteiger charge is 2.19. The van der Waals surface area contributed by atoms with Crippen molar-refractivity contribution in [3.8, 4) is 0 Å². The molecule has 0 bridgehead atoms. The highest BCUT2D eigenvalue weighted by atomic mass is 16.2. The summed E-state index contributed by atoms with van der Waals surface area (Å²) in [7, 11) is 0. The fraction of sp³-hybridized carbons (Fsp3) is 0.357. The van der Waals surface area contributed by atoms with Crippen molar-refractivity contribution in [2.24, 2.45) is 5.73 Å². The molecule has 6 nitrogen and oxygen atoms in total. The molecule has 1 atom stereocenters. The molecule has 1 amide bonds. The third-order valence-electron chi connectivity index (χ3n) is 3.32. The van der Waals surface area contributed by atoms with Crippen molar-refractivity contribution in [3.63, 3.8) is 0 Å². The maximum atomic E-state index is 12.5. The Labute approximate surface area is 115 Å². The molecule has 2 rings (SSSR count). The Morgan fingerprint density at radius 1 is 1.30 bits per heavy atom. The summed E-state index contributed by atoms with van der Waals surface area (Å²) in [4.78, 5) is 36.2. The number of amides is 1. The van der Waals surface area contributed by atoms with Crippen LogP contribution in [0.15, 0.2) is 33.9 Å². The minimum Gasteiger partial charge on any atom is -0.368 e. The van der Waals surface area contributed by atoms with E-state index in [1.165, 1.54) is 4.57 Å². The summed E-state index contributed by atoms with van der Waals surface area (Å²) in [6.07, 6.45) is 0.651. The lowest BCUT2D eigenvalue weighted by molar-refractivity contribution is -0.120. The Kier molecular flexibility index (Phi) is 3.74. The van der Waals surface area contributed by atoms with Crippen LogP contribution in [0.1, 0.15) is 26.3 Å². The van der Waals surface area contributed by atoms with Crippen molar-refractivity contribution in [3.05, 3.63) is 45.1 Å². The molecule has 2 aromatic rings. The van der Waals surface area contributed by atoms with Gasteiger partial charge < -0.3 is 5.73 Å². The summed E-state index contributed by atoms with van der Waals surface area (Å²) in [6, 6.07) is 5.93. The van der Waals surface area contributed by atoms with Crippen LogP contribution in [0.2, 0.25) is 0 Å². The van der Waals surface area contributed by atoms with E-state index in [-0.39, 0.29) is 5.56 Å². The first-order valence-electron chi connectivity index (χ1n) is 6.52. The zero-order chi connectivity index (χ0) is 14.9. The van der Waals surface area contributed by atoms with Gasteiger partial charge in [-0.05, 0) is 25.5 Å². The van der Waals surface area contributed by atoms with Crippen LogP contribution in [-0.4, -0.2) is 15.0 Å². The van der Waals surface area contributed by atoms with Gasteiger partial charge in [-0.3, -0.25) is 18.7 Å². The lowest BCUT2D eigenvalue weighted by atomic mass is 10.2. The van der Waals surface area contributed by atoms with Gasteiger partial charge in [0, 0.05) is 6.54 Å². The molecule has 2 N–H and O–H groups in total. The van der Waals surface area contributed by atoms with Crippen molar-refractivity contribution >= 4 is 16.8 Å². The van der Waals surface area contributed by atoms with Crippen LogP contribution in [-0.2, 0) is 11.3 Å². The highest BCUT2D eigenvalue weighted by Crippen LogP contribution is 2.12. The van der Waals surface area contributed by atoms with E-state index in [1.807, 2.05) is 6.92 Å². The molecule has 1 heterocycles. The number of carbonyl (C=O) groups is 1. The predicted octanol–water partition coefficient (Wildman–Crippen LogP) is 0.620. The number of benzene rings is 1. The van der Waals surface area contributed by atoms with Gasteiger partial charge in [-0.15, -0.1) is 0 Å². The molecule has 1 aromatic carbocycles. The Balaban J connectivity index is 2.95. The van der Waals surface area contributed by atoms with Gasteiger partial charge >= 0.3 is 5.69 Å². The van der Waals surface area contributed by atoms with E-state index in [4.69, 9.17) is 5.73 Å². The number of nitrogens with two attached hydrogens (primary N) is 1. The molecule has 0 radical (unpaired) electrons. The molecule has 0 fully saturated rings. The molecule has 0 saturated carbocycles. The Morgan fingerprint density at radius 3 is 2.55 bits per heavy atom. The second-order valence-corrected chi connectivity index (χ2v) is 4.70. The maximum Gasteiger partial charge on any atom is 0.332 e.